The monoisotopic (exact) mass is 310 g/mol. The van der Waals surface area contributed by atoms with Gasteiger partial charge in [-0.05, 0) is 41.8 Å². The third kappa shape index (κ3) is 2.90. The van der Waals surface area contributed by atoms with Gasteiger partial charge in [0.25, 0.3) is 5.91 Å². The number of carbonyl (C=O) groups is 1. The average Bonchev–Trinajstić information content (AvgIpc) is 2.82. The lowest BCUT2D eigenvalue weighted by molar-refractivity contribution is 0.102. The zero-order valence-corrected chi connectivity index (χ0v) is 13.3. The molecule has 0 bridgehead atoms. The lowest BCUT2D eigenvalue weighted by Crippen LogP contribution is -2.12. The lowest BCUT2D eigenvalue weighted by Gasteiger charge is -2.08. The molecule has 0 radical (unpaired) electrons. The quantitative estimate of drug-likeness (QED) is 0.805. The molecule has 1 amide bonds. The van der Waals surface area contributed by atoms with Crippen molar-refractivity contribution in [3.05, 3.63) is 64.1 Å². The third-order valence-electron chi connectivity index (χ3n) is 3.89. The second kappa shape index (κ2) is 5.76. The summed E-state index contributed by atoms with van der Waals surface area (Å²) < 4.78 is 6.44. The van der Waals surface area contributed by atoms with Gasteiger partial charge in [-0.2, -0.15) is 0 Å². The molecule has 0 saturated carbocycles. The number of rotatable bonds is 3. The maximum absolute atomic E-state index is 12.4. The number of hydrogen-bond acceptors (Lipinski definition) is 3. The van der Waals surface area contributed by atoms with E-state index in [4.69, 9.17) is 4.42 Å². The molecule has 0 aliphatic rings. The van der Waals surface area contributed by atoms with E-state index in [-0.39, 0.29) is 5.91 Å². The maximum Gasteiger partial charge on any atom is 0.419 e. The van der Waals surface area contributed by atoms with Crippen LogP contribution in [0.2, 0.25) is 0 Å². The van der Waals surface area contributed by atoms with Crippen molar-refractivity contribution in [2.45, 2.75) is 19.8 Å². The van der Waals surface area contributed by atoms with E-state index < -0.39 is 5.76 Å². The van der Waals surface area contributed by atoms with E-state index in [2.05, 4.69) is 19.2 Å². The van der Waals surface area contributed by atoms with Gasteiger partial charge in [0.1, 0.15) is 0 Å². The Morgan fingerprint density at radius 1 is 1.13 bits per heavy atom. The molecule has 5 nitrogen and oxygen atoms in total. The first-order chi connectivity index (χ1) is 11.0. The van der Waals surface area contributed by atoms with E-state index in [1.165, 1.54) is 10.1 Å². The van der Waals surface area contributed by atoms with Crippen molar-refractivity contribution in [2.75, 3.05) is 5.32 Å². The van der Waals surface area contributed by atoms with Crippen LogP contribution in [0.25, 0.3) is 11.1 Å². The van der Waals surface area contributed by atoms with Crippen LogP contribution < -0.4 is 11.1 Å². The number of carbonyl (C=O) groups excluding carboxylic acids is 1. The third-order valence-corrected chi connectivity index (χ3v) is 3.89. The summed E-state index contributed by atoms with van der Waals surface area (Å²) in [6.07, 6.45) is 0. The first kappa shape index (κ1) is 15.1. The second-order valence-electron chi connectivity index (χ2n) is 5.84. The van der Waals surface area contributed by atoms with Gasteiger partial charge in [0.2, 0.25) is 0 Å². The molecule has 0 saturated heterocycles. The summed E-state index contributed by atoms with van der Waals surface area (Å²) in [6, 6.07) is 12.7. The minimum Gasteiger partial charge on any atom is -0.408 e. The highest BCUT2D eigenvalue weighted by molar-refractivity contribution is 6.05. The van der Waals surface area contributed by atoms with Crippen molar-refractivity contribution in [1.29, 1.82) is 0 Å². The van der Waals surface area contributed by atoms with Crippen molar-refractivity contribution in [3.63, 3.8) is 0 Å². The van der Waals surface area contributed by atoms with Crippen LogP contribution in [0.1, 0.15) is 35.7 Å². The molecular weight excluding hydrogens is 292 g/mol. The van der Waals surface area contributed by atoms with Gasteiger partial charge in [0, 0.05) is 18.3 Å². The summed E-state index contributed by atoms with van der Waals surface area (Å²) >= 11 is 0. The standard InChI is InChI=1S/C18H18N2O3/c1-11(2)12-4-7-14(8-5-12)19-17(21)13-6-9-16-15(10-13)20(3)18(22)23-16/h4-11H,1-3H3,(H,19,21). The summed E-state index contributed by atoms with van der Waals surface area (Å²) in [4.78, 5) is 23.9. The van der Waals surface area contributed by atoms with Crippen molar-refractivity contribution in [2.24, 2.45) is 7.05 Å². The number of aryl methyl sites for hydroxylation is 1. The van der Waals surface area contributed by atoms with Crippen LogP contribution in [-0.2, 0) is 7.05 Å². The number of oxazole rings is 1. The van der Waals surface area contributed by atoms with Crippen LogP contribution in [0.5, 0.6) is 0 Å². The zero-order valence-electron chi connectivity index (χ0n) is 13.3. The molecule has 1 N–H and O–H groups in total. The van der Waals surface area contributed by atoms with E-state index in [1.54, 1.807) is 25.2 Å². The Bertz CT molecular complexity index is 918. The molecule has 0 fully saturated rings. The van der Waals surface area contributed by atoms with Crippen LogP contribution in [0.3, 0.4) is 0 Å². The zero-order chi connectivity index (χ0) is 16.6. The summed E-state index contributed by atoms with van der Waals surface area (Å²) in [6.45, 7) is 4.25. The highest BCUT2D eigenvalue weighted by atomic mass is 16.4. The highest BCUT2D eigenvalue weighted by Gasteiger charge is 2.11. The molecule has 3 rings (SSSR count). The molecule has 0 unspecified atom stereocenters. The SMILES string of the molecule is CC(C)c1ccc(NC(=O)c2ccc3oc(=O)n(C)c3c2)cc1. The van der Waals surface area contributed by atoms with Gasteiger partial charge >= 0.3 is 5.76 Å². The largest absolute Gasteiger partial charge is 0.419 e. The van der Waals surface area contributed by atoms with Gasteiger partial charge in [-0.1, -0.05) is 26.0 Å². The molecule has 1 heterocycles. The Balaban J connectivity index is 1.85. The summed E-state index contributed by atoms with van der Waals surface area (Å²) in [7, 11) is 1.61. The van der Waals surface area contributed by atoms with Crippen LogP contribution in [0, 0.1) is 0 Å². The Hall–Kier alpha value is -2.82. The molecule has 2 aromatic carbocycles. The maximum atomic E-state index is 12.4. The Labute approximate surface area is 133 Å². The molecule has 0 aliphatic heterocycles. The summed E-state index contributed by atoms with van der Waals surface area (Å²) in [5, 5.41) is 2.86. The van der Waals surface area contributed by atoms with E-state index in [0.29, 0.717) is 22.6 Å². The Kier molecular flexibility index (Phi) is 3.78. The van der Waals surface area contributed by atoms with Crippen LogP contribution >= 0.6 is 0 Å². The van der Waals surface area contributed by atoms with Gasteiger partial charge in [0.15, 0.2) is 5.58 Å². The lowest BCUT2D eigenvalue weighted by atomic mass is 10.0. The molecule has 3 aromatic rings. The minimum atomic E-state index is -0.443. The predicted molar refractivity (Wildman–Crippen MR) is 89.9 cm³/mol. The molecule has 23 heavy (non-hydrogen) atoms. The highest BCUT2D eigenvalue weighted by Crippen LogP contribution is 2.19. The van der Waals surface area contributed by atoms with E-state index in [1.807, 2.05) is 24.3 Å². The Morgan fingerprint density at radius 2 is 1.83 bits per heavy atom. The fourth-order valence-corrected chi connectivity index (χ4v) is 2.42. The van der Waals surface area contributed by atoms with Crippen molar-refractivity contribution in [1.82, 2.24) is 4.57 Å². The molecular formula is C18H18N2O3. The van der Waals surface area contributed by atoms with Crippen molar-refractivity contribution < 1.29 is 9.21 Å². The number of aromatic nitrogens is 1. The van der Waals surface area contributed by atoms with Gasteiger partial charge in [-0.15, -0.1) is 0 Å². The van der Waals surface area contributed by atoms with Gasteiger partial charge in [-0.25, -0.2) is 4.79 Å². The number of nitrogens with one attached hydrogen (secondary N) is 1. The van der Waals surface area contributed by atoms with E-state index in [0.717, 1.165) is 5.69 Å². The minimum absolute atomic E-state index is 0.224. The number of amides is 1. The van der Waals surface area contributed by atoms with Gasteiger partial charge in [-0.3, -0.25) is 9.36 Å². The fraction of sp³-hybridized carbons (Fsp3) is 0.222. The molecule has 0 spiro atoms. The number of anilines is 1. The molecule has 0 atom stereocenters. The first-order valence-electron chi connectivity index (χ1n) is 7.46. The molecule has 5 heteroatoms. The van der Waals surface area contributed by atoms with E-state index >= 15 is 0 Å². The number of hydrogen-bond donors (Lipinski definition) is 1. The summed E-state index contributed by atoms with van der Waals surface area (Å²) in [5.74, 6) is -0.218. The topological polar surface area (TPSA) is 64.2 Å². The van der Waals surface area contributed by atoms with Crippen molar-refractivity contribution >= 4 is 22.7 Å². The average molecular weight is 310 g/mol. The smallest absolute Gasteiger partial charge is 0.408 e. The molecule has 1 aromatic heterocycles. The number of nitrogens with zero attached hydrogens (tertiary/aromatic N) is 1. The summed E-state index contributed by atoms with van der Waals surface area (Å²) in [5.41, 5.74) is 3.49. The van der Waals surface area contributed by atoms with Gasteiger partial charge < -0.3 is 9.73 Å². The van der Waals surface area contributed by atoms with Gasteiger partial charge in [0.05, 0.1) is 5.52 Å². The van der Waals surface area contributed by atoms with Crippen LogP contribution in [0.15, 0.2) is 51.7 Å². The molecule has 118 valence electrons. The van der Waals surface area contributed by atoms with E-state index in [9.17, 15) is 9.59 Å². The van der Waals surface area contributed by atoms with Crippen LogP contribution in [-0.4, -0.2) is 10.5 Å². The molecule has 0 aliphatic carbocycles. The number of benzene rings is 2. The predicted octanol–water partition coefficient (Wildman–Crippen LogP) is 3.51. The van der Waals surface area contributed by atoms with Crippen LogP contribution in [0.4, 0.5) is 5.69 Å². The normalized spacial score (nSPS) is 11.1. The number of fused-ring (bicyclic) bond motifs is 1. The second-order valence-corrected chi connectivity index (χ2v) is 5.84. The van der Waals surface area contributed by atoms with Crippen molar-refractivity contribution in [3.8, 4) is 0 Å². The fourth-order valence-electron chi connectivity index (χ4n) is 2.42. The first-order valence-corrected chi connectivity index (χ1v) is 7.46. The Morgan fingerprint density at radius 3 is 2.48 bits per heavy atom.